The monoisotopic (exact) mass is 373 g/mol. The van der Waals surface area contributed by atoms with Gasteiger partial charge in [-0.05, 0) is 39.3 Å². The summed E-state index contributed by atoms with van der Waals surface area (Å²) in [6.45, 7) is 5.55. The number of carbonyl (C=O) groups excluding carboxylic acids is 2. The van der Waals surface area contributed by atoms with E-state index < -0.39 is 17.6 Å². The molecule has 120 valence electrons. The zero-order valence-corrected chi connectivity index (χ0v) is 14.1. The van der Waals surface area contributed by atoms with E-state index in [2.05, 4.69) is 15.9 Å². The number of hydrogen-bond acceptors (Lipinski definition) is 4. The highest BCUT2D eigenvalue weighted by Crippen LogP contribution is 2.30. The zero-order valence-electron chi connectivity index (χ0n) is 12.6. The molecule has 0 bridgehead atoms. The third-order valence-corrected chi connectivity index (χ3v) is 3.79. The Hall–Kier alpha value is -1.63. The van der Waals surface area contributed by atoms with Crippen LogP contribution < -0.4 is 9.64 Å². The molecule has 5 nitrogen and oxygen atoms in total. The summed E-state index contributed by atoms with van der Waals surface area (Å²) in [5.74, 6) is -0.784. The average Bonchev–Trinajstić information content (AvgIpc) is 2.68. The van der Waals surface area contributed by atoms with Crippen LogP contribution >= 0.6 is 15.9 Å². The van der Waals surface area contributed by atoms with Crippen molar-refractivity contribution in [1.29, 1.82) is 0 Å². The summed E-state index contributed by atoms with van der Waals surface area (Å²) in [7, 11) is 0. The van der Waals surface area contributed by atoms with Gasteiger partial charge in [0.05, 0.1) is 10.5 Å². The molecule has 0 N–H and O–H groups in total. The molecule has 0 aliphatic carbocycles. The lowest BCUT2D eigenvalue weighted by Gasteiger charge is -2.19. The minimum atomic E-state index is -0.905. The lowest BCUT2D eigenvalue weighted by molar-refractivity contribution is -0.116. The van der Waals surface area contributed by atoms with Crippen LogP contribution in [0.3, 0.4) is 0 Å². The summed E-state index contributed by atoms with van der Waals surface area (Å²) in [5.41, 5.74) is -0.522. The molecule has 1 atom stereocenters. The van der Waals surface area contributed by atoms with E-state index in [0.717, 1.165) is 6.07 Å². The second kappa shape index (κ2) is 6.24. The Labute approximate surface area is 136 Å². The predicted octanol–water partition coefficient (Wildman–Crippen LogP) is 3.64. The van der Waals surface area contributed by atoms with Gasteiger partial charge in [-0.2, -0.15) is 0 Å². The number of hydrogen-bond donors (Lipinski definition) is 0. The standard InChI is InChI=1S/C15H17BrFNO4/c1-15(2,3)22-14(20)21-9-4-5-12(11(17)8-9)18-7-6-10(16)13(18)19/h4-5,8,10H,6-7H2,1-3H3. The second-order valence-corrected chi connectivity index (χ2v) is 7.03. The number of amides is 1. The molecule has 1 saturated heterocycles. The van der Waals surface area contributed by atoms with E-state index in [-0.39, 0.29) is 22.2 Å². The molecule has 0 aromatic heterocycles. The molecule has 7 heteroatoms. The van der Waals surface area contributed by atoms with E-state index in [0.29, 0.717) is 13.0 Å². The Bertz CT molecular complexity index is 600. The van der Waals surface area contributed by atoms with Crippen LogP contribution in [0.5, 0.6) is 5.75 Å². The van der Waals surface area contributed by atoms with Crippen molar-refractivity contribution in [3.8, 4) is 5.75 Å². The van der Waals surface area contributed by atoms with Gasteiger partial charge in [0.2, 0.25) is 5.91 Å². The minimum absolute atomic E-state index is 0.0255. The first kappa shape index (κ1) is 16.7. The smallest absolute Gasteiger partial charge is 0.428 e. The predicted molar refractivity (Wildman–Crippen MR) is 82.9 cm³/mol. The number of halogens is 2. The first-order valence-electron chi connectivity index (χ1n) is 6.83. The molecule has 0 spiro atoms. The highest BCUT2D eigenvalue weighted by Gasteiger charge is 2.32. The molecule has 0 radical (unpaired) electrons. The topological polar surface area (TPSA) is 55.8 Å². The Balaban J connectivity index is 2.10. The summed E-state index contributed by atoms with van der Waals surface area (Å²) >= 11 is 3.24. The molecule has 1 heterocycles. The van der Waals surface area contributed by atoms with Gasteiger partial charge in [0.1, 0.15) is 11.4 Å². The van der Waals surface area contributed by atoms with Crippen LogP contribution in [0.4, 0.5) is 14.9 Å². The highest BCUT2D eigenvalue weighted by atomic mass is 79.9. The van der Waals surface area contributed by atoms with Crippen LogP contribution in [-0.2, 0) is 9.53 Å². The fourth-order valence-corrected chi connectivity index (χ4v) is 2.47. The van der Waals surface area contributed by atoms with Crippen LogP contribution in [0.25, 0.3) is 0 Å². The van der Waals surface area contributed by atoms with Crippen LogP contribution in [0.2, 0.25) is 0 Å². The lowest BCUT2D eigenvalue weighted by atomic mass is 10.2. The molecule has 2 rings (SSSR count). The molecule has 1 aliphatic heterocycles. The minimum Gasteiger partial charge on any atom is -0.428 e. The van der Waals surface area contributed by atoms with Crippen molar-refractivity contribution in [2.75, 3.05) is 11.4 Å². The van der Waals surface area contributed by atoms with Crippen LogP contribution in [-0.4, -0.2) is 29.0 Å². The fourth-order valence-electron chi connectivity index (χ4n) is 2.02. The number of ether oxygens (including phenoxy) is 2. The lowest BCUT2D eigenvalue weighted by Crippen LogP contribution is -2.28. The Morgan fingerprint density at radius 2 is 2.09 bits per heavy atom. The summed E-state index contributed by atoms with van der Waals surface area (Å²) in [4.78, 5) is 24.5. The molecular weight excluding hydrogens is 357 g/mol. The molecule has 1 aromatic carbocycles. The van der Waals surface area contributed by atoms with E-state index in [4.69, 9.17) is 9.47 Å². The SMILES string of the molecule is CC(C)(C)OC(=O)Oc1ccc(N2CCC(Br)C2=O)c(F)c1. The first-order chi connectivity index (χ1) is 10.2. The molecule has 1 unspecified atom stereocenters. The number of anilines is 1. The van der Waals surface area contributed by atoms with Gasteiger partial charge in [0.15, 0.2) is 5.82 Å². The first-order valence-corrected chi connectivity index (χ1v) is 7.75. The van der Waals surface area contributed by atoms with E-state index in [1.807, 2.05) is 0 Å². The van der Waals surface area contributed by atoms with Gasteiger partial charge in [-0.25, -0.2) is 9.18 Å². The normalized spacial score (nSPS) is 18.5. The van der Waals surface area contributed by atoms with Crippen LogP contribution in [0, 0.1) is 5.82 Å². The van der Waals surface area contributed by atoms with E-state index >= 15 is 0 Å². The molecule has 22 heavy (non-hydrogen) atoms. The summed E-state index contributed by atoms with van der Waals surface area (Å²) in [6, 6.07) is 3.91. The maximum atomic E-state index is 14.1. The van der Waals surface area contributed by atoms with E-state index in [1.165, 1.54) is 17.0 Å². The molecule has 1 aliphatic rings. The molecular formula is C15H17BrFNO4. The fraction of sp³-hybridized carbons (Fsp3) is 0.467. The van der Waals surface area contributed by atoms with Gasteiger partial charge < -0.3 is 14.4 Å². The molecule has 1 aromatic rings. The van der Waals surface area contributed by atoms with Gasteiger partial charge in [0, 0.05) is 12.6 Å². The van der Waals surface area contributed by atoms with Crippen molar-refractivity contribution >= 4 is 33.7 Å². The van der Waals surface area contributed by atoms with Crippen molar-refractivity contribution in [2.24, 2.45) is 0 Å². The maximum absolute atomic E-state index is 14.1. The molecule has 1 amide bonds. The average molecular weight is 374 g/mol. The van der Waals surface area contributed by atoms with Crippen molar-refractivity contribution in [3.63, 3.8) is 0 Å². The number of alkyl halides is 1. The van der Waals surface area contributed by atoms with Crippen molar-refractivity contribution in [3.05, 3.63) is 24.0 Å². The Morgan fingerprint density at radius 1 is 1.41 bits per heavy atom. The molecule has 0 saturated carbocycles. The van der Waals surface area contributed by atoms with Crippen molar-refractivity contribution < 1.29 is 23.5 Å². The summed E-state index contributed by atoms with van der Waals surface area (Å²) < 4.78 is 24.1. The van der Waals surface area contributed by atoms with Crippen molar-refractivity contribution in [2.45, 2.75) is 37.6 Å². The maximum Gasteiger partial charge on any atom is 0.514 e. The van der Waals surface area contributed by atoms with Gasteiger partial charge in [-0.15, -0.1) is 0 Å². The second-order valence-electron chi connectivity index (χ2n) is 5.93. The van der Waals surface area contributed by atoms with Crippen molar-refractivity contribution in [1.82, 2.24) is 0 Å². The molecule has 1 fully saturated rings. The van der Waals surface area contributed by atoms with Gasteiger partial charge in [-0.3, -0.25) is 4.79 Å². The van der Waals surface area contributed by atoms with Gasteiger partial charge in [-0.1, -0.05) is 15.9 Å². The highest BCUT2D eigenvalue weighted by molar-refractivity contribution is 9.10. The zero-order chi connectivity index (χ0) is 16.5. The number of nitrogens with zero attached hydrogens (tertiary/aromatic N) is 1. The van der Waals surface area contributed by atoms with Crippen LogP contribution in [0.15, 0.2) is 18.2 Å². The van der Waals surface area contributed by atoms with Crippen LogP contribution in [0.1, 0.15) is 27.2 Å². The summed E-state index contributed by atoms with van der Waals surface area (Å²) in [5, 5.41) is 0. The quantitative estimate of drug-likeness (QED) is 0.451. The number of carbonyl (C=O) groups is 2. The number of benzene rings is 1. The van der Waals surface area contributed by atoms with E-state index in [1.54, 1.807) is 20.8 Å². The van der Waals surface area contributed by atoms with Gasteiger partial charge in [0.25, 0.3) is 0 Å². The Morgan fingerprint density at radius 3 is 2.59 bits per heavy atom. The Kier molecular flexibility index (Phi) is 4.75. The summed E-state index contributed by atoms with van der Waals surface area (Å²) in [6.07, 6.45) is -0.286. The third-order valence-electron chi connectivity index (χ3n) is 2.94. The third kappa shape index (κ3) is 3.97. The van der Waals surface area contributed by atoms with Gasteiger partial charge >= 0.3 is 6.16 Å². The van der Waals surface area contributed by atoms with E-state index in [9.17, 15) is 14.0 Å². The largest absolute Gasteiger partial charge is 0.514 e. The number of rotatable bonds is 2.